The number of hydrogen-bond donors (Lipinski definition) is 1. The first-order valence-corrected chi connectivity index (χ1v) is 8.94. The van der Waals surface area contributed by atoms with E-state index in [2.05, 4.69) is 10.3 Å². The quantitative estimate of drug-likeness (QED) is 0.651. The lowest BCUT2D eigenvalue weighted by atomic mass is 10.2. The highest BCUT2D eigenvalue weighted by Crippen LogP contribution is 2.31. The van der Waals surface area contributed by atoms with Crippen LogP contribution in [0.25, 0.3) is 10.2 Å². The van der Waals surface area contributed by atoms with Crippen molar-refractivity contribution in [3.05, 3.63) is 52.8 Å². The summed E-state index contributed by atoms with van der Waals surface area (Å²) in [4.78, 5) is 16.4. The highest BCUT2D eigenvalue weighted by Gasteiger charge is 2.09. The lowest BCUT2D eigenvalue weighted by molar-refractivity contribution is -0.113. The van der Waals surface area contributed by atoms with Crippen molar-refractivity contribution < 1.29 is 9.18 Å². The summed E-state index contributed by atoms with van der Waals surface area (Å²) in [5.41, 5.74) is 1.83. The molecule has 23 heavy (non-hydrogen) atoms. The second-order valence-corrected chi connectivity index (χ2v) is 7.58. The molecule has 1 amide bonds. The van der Waals surface area contributed by atoms with E-state index in [1.54, 1.807) is 25.1 Å². The van der Waals surface area contributed by atoms with Crippen molar-refractivity contribution in [1.82, 2.24) is 4.98 Å². The Bertz CT molecular complexity index is 882. The van der Waals surface area contributed by atoms with Crippen LogP contribution < -0.4 is 5.32 Å². The molecular formula is C16H12ClFN2OS2. The first-order valence-electron chi connectivity index (χ1n) is 6.76. The smallest absolute Gasteiger partial charge is 0.234 e. The summed E-state index contributed by atoms with van der Waals surface area (Å²) in [5, 5.41) is 3.32. The molecule has 0 saturated carbocycles. The molecule has 1 N–H and O–H groups in total. The predicted octanol–water partition coefficient (Wildman–Crippen LogP) is 5.13. The summed E-state index contributed by atoms with van der Waals surface area (Å²) < 4.78 is 15.3. The van der Waals surface area contributed by atoms with Gasteiger partial charge < -0.3 is 5.32 Å². The minimum absolute atomic E-state index is 0.199. The summed E-state index contributed by atoms with van der Waals surface area (Å²) in [6, 6.07) is 10.2. The number of aromatic nitrogens is 1. The van der Waals surface area contributed by atoms with E-state index >= 15 is 0 Å². The summed E-state index contributed by atoms with van der Waals surface area (Å²) in [6.45, 7) is 1.68. The molecule has 0 aliphatic heterocycles. The van der Waals surface area contributed by atoms with Crippen LogP contribution in [-0.2, 0) is 4.79 Å². The maximum Gasteiger partial charge on any atom is 0.234 e. The van der Waals surface area contributed by atoms with Gasteiger partial charge in [0.1, 0.15) is 5.82 Å². The number of rotatable bonds is 4. The lowest BCUT2D eigenvalue weighted by Gasteiger charge is -2.05. The summed E-state index contributed by atoms with van der Waals surface area (Å²) in [7, 11) is 0. The van der Waals surface area contributed by atoms with Crippen molar-refractivity contribution in [2.75, 3.05) is 11.1 Å². The minimum atomic E-state index is -0.335. The van der Waals surface area contributed by atoms with Gasteiger partial charge in [-0.05, 0) is 42.8 Å². The van der Waals surface area contributed by atoms with E-state index < -0.39 is 0 Å². The number of aryl methyl sites for hydroxylation is 1. The summed E-state index contributed by atoms with van der Waals surface area (Å²) in [5.74, 6) is -0.322. The fourth-order valence-electron chi connectivity index (χ4n) is 1.94. The molecule has 0 spiro atoms. The van der Waals surface area contributed by atoms with E-state index in [1.165, 1.54) is 29.2 Å². The first-order chi connectivity index (χ1) is 11.0. The van der Waals surface area contributed by atoms with Gasteiger partial charge in [0.15, 0.2) is 4.34 Å². The van der Waals surface area contributed by atoms with Gasteiger partial charge in [-0.2, -0.15) is 0 Å². The molecule has 1 heterocycles. The molecule has 0 saturated heterocycles. The SMILES string of the molecule is Cc1ccc(NC(=O)CSc2nc3cc(Cl)ccc3s2)cc1F. The molecule has 118 valence electrons. The summed E-state index contributed by atoms with van der Waals surface area (Å²) >= 11 is 8.79. The molecule has 2 aromatic carbocycles. The number of hydrogen-bond acceptors (Lipinski definition) is 4. The Morgan fingerprint density at radius 3 is 2.96 bits per heavy atom. The third-order valence-corrected chi connectivity index (χ3v) is 5.53. The molecule has 0 unspecified atom stereocenters. The molecule has 0 aliphatic carbocycles. The van der Waals surface area contributed by atoms with Gasteiger partial charge in [0.2, 0.25) is 5.91 Å². The van der Waals surface area contributed by atoms with Crippen LogP contribution in [0.4, 0.5) is 10.1 Å². The Labute approximate surface area is 145 Å². The molecule has 0 fully saturated rings. The number of carbonyl (C=O) groups excluding carboxylic acids is 1. The van der Waals surface area contributed by atoms with Crippen LogP contribution in [0.2, 0.25) is 5.02 Å². The van der Waals surface area contributed by atoms with Crippen molar-refractivity contribution in [3.63, 3.8) is 0 Å². The molecule has 3 nitrogen and oxygen atoms in total. The Balaban J connectivity index is 1.62. The Kier molecular flexibility index (Phi) is 4.84. The van der Waals surface area contributed by atoms with Crippen molar-refractivity contribution >= 4 is 56.5 Å². The number of carbonyl (C=O) groups is 1. The maximum atomic E-state index is 13.5. The van der Waals surface area contributed by atoms with E-state index in [9.17, 15) is 9.18 Å². The van der Waals surface area contributed by atoms with E-state index in [0.29, 0.717) is 16.3 Å². The van der Waals surface area contributed by atoms with Crippen molar-refractivity contribution in [1.29, 1.82) is 0 Å². The second kappa shape index (κ2) is 6.86. The highest BCUT2D eigenvalue weighted by atomic mass is 35.5. The van der Waals surface area contributed by atoms with Gasteiger partial charge in [-0.1, -0.05) is 29.4 Å². The second-order valence-electron chi connectivity index (χ2n) is 4.89. The molecule has 0 bridgehead atoms. The zero-order valence-electron chi connectivity index (χ0n) is 12.1. The van der Waals surface area contributed by atoms with Crippen LogP contribution in [0.15, 0.2) is 40.7 Å². The minimum Gasteiger partial charge on any atom is -0.325 e. The van der Waals surface area contributed by atoms with E-state index in [4.69, 9.17) is 11.6 Å². The summed E-state index contributed by atoms with van der Waals surface area (Å²) in [6.07, 6.45) is 0. The number of benzene rings is 2. The largest absolute Gasteiger partial charge is 0.325 e. The van der Waals surface area contributed by atoms with Crippen LogP contribution in [0.1, 0.15) is 5.56 Å². The highest BCUT2D eigenvalue weighted by molar-refractivity contribution is 8.01. The van der Waals surface area contributed by atoms with Gasteiger partial charge in [0, 0.05) is 10.7 Å². The van der Waals surface area contributed by atoms with Crippen LogP contribution in [0.3, 0.4) is 0 Å². The van der Waals surface area contributed by atoms with Gasteiger partial charge in [0.05, 0.1) is 16.0 Å². The number of amides is 1. The first kappa shape index (κ1) is 16.2. The Morgan fingerprint density at radius 2 is 2.17 bits per heavy atom. The normalized spacial score (nSPS) is 10.9. The molecule has 7 heteroatoms. The molecule has 1 aromatic heterocycles. The molecule has 0 atom stereocenters. The van der Waals surface area contributed by atoms with Gasteiger partial charge in [0.25, 0.3) is 0 Å². The average molecular weight is 367 g/mol. The zero-order chi connectivity index (χ0) is 16.4. The van der Waals surface area contributed by atoms with E-state index in [-0.39, 0.29) is 17.5 Å². The van der Waals surface area contributed by atoms with Crippen LogP contribution in [-0.4, -0.2) is 16.6 Å². The van der Waals surface area contributed by atoms with E-state index in [0.717, 1.165) is 14.6 Å². The Hall–Kier alpha value is -1.63. The van der Waals surface area contributed by atoms with Crippen molar-refractivity contribution in [2.45, 2.75) is 11.3 Å². The number of anilines is 1. The number of thioether (sulfide) groups is 1. The molecular weight excluding hydrogens is 355 g/mol. The van der Waals surface area contributed by atoms with Gasteiger partial charge >= 0.3 is 0 Å². The fourth-order valence-corrected chi connectivity index (χ4v) is 3.95. The maximum absolute atomic E-state index is 13.5. The topological polar surface area (TPSA) is 42.0 Å². The molecule has 3 aromatic rings. The number of halogens is 2. The van der Waals surface area contributed by atoms with Crippen LogP contribution in [0.5, 0.6) is 0 Å². The monoisotopic (exact) mass is 366 g/mol. The fraction of sp³-hybridized carbons (Fsp3) is 0.125. The van der Waals surface area contributed by atoms with Gasteiger partial charge in [-0.3, -0.25) is 4.79 Å². The molecule has 0 radical (unpaired) electrons. The third kappa shape index (κ3) is 4.02. The van der Waals surface area contributed by atoms with Crippen LogP contribution in [0, 0.1) is 12.7 Å². The predicted molar refractivity (Wildman–Crippen MR) is 95.1 cm³/mol. The standard InChI is InChI=1S/C16H12ClFN2OS2/c1-9-2-4-11(7-12(9)18)19-15(21)8-22-16-20-13-6-10(17)3-5-14(13)23-16/h2-7H,8H2,1H3,(H,19,21). The van der Waals surface area contributed by atoms with E-state index in [1.807, 2.05) is 12.1 Å². The number of nitrogens with zero attached hydrogens (tertiary/aromatic N) is 1. The van der Waals surface area contributed by atoms with Gasteiger partial charge in [-0.25, -0.2) is 9.37 Å². The number of nitrogens with one attached hydrogen (secondary N) is 1. The number of thiazole rings is 1. The van der Waals surface area contributed by atoms with Crippen molar-refractivity contribution in [2.24, 2.45) is 0 Å². The molecule has 3 rings (SSSR count). The Morgan fingerprint density at radius 1 is 1.35 bits per heavy atom. The van der Waals surface area contributed by atoms with Gasteiger partial charge in [-0.15, -0.1) is 11.3 Å². The average Bonchev–Trinajstić information content (AvgIpc) is 2.91. The van der Waals surface area contributed by atoms with Crippen LogP contribution >= 0.6 is 34.7 Å². The molecule has 0 aliphatic rings. The third-order valence-electron chi connectivity index (χ3n) is 3.11. The zero-order valence-corrected chi connectivity index (χ0v) is 14.5. The lowest BCUT2D eigenvalue weighted by Crippen LogP contribution is -2.14. The van der Waals surface area contributed by atoms with Crippen molar-refractivity contribution in [3.8, 4) is 0 Å². The number of fused-ring (bicyclic) bond motifs is 1.